The molecule has 0 spiro atoms. The first-order chi connectivity index (χ1) is 9.00. The summed E-state index contributed by atoms with van der Waals surface area (Å²) in [6.45, 7) is 6.57. The highest BCUT2D eigenvalue weighted by molar-refractivity contribution is 5.41. The molecule has 0 heterocycles. The lowest BCUT2D eigenvalue weighted by Gasteiger charge is -2.22. The maximum atomic E-state index is 9.03. The minimum atomic E-state index is 0.0433. The van der Waals surface area contributed by atoms with Crippen LogP contribution >= 0.6 is 0 Å². The van der Waals surface area contributed by atoms with Gasteiger partial charge in [-0.3, -0.25) is 0 Å². The van der Waals surface area contributed by atoms with Gasteiger partial charge in [-0.15, -0.1) is 0 Å². The normalized spacial score (nSPS) is 11.4. The van der Waals surface area contributed by atoms with Gasteiger partial charge in [-0.1, -0.05) is 51.1 Å². The van der Waals surface area contributed by atoms with E-state index in [1.807, 2.05) is 42.5 Å². The van der Waals surface area contributed by atoms with E-state index >= 15 is 0 Å². The van der Waals surface area contributed by atoms with E-state index in [2.05, 4.69) is 26.8 Å². The molecule has 2 rings (SSSR count). The van der Waals surface area contributed by atoms with Crippen LogP contribution in [0.15, 0.2) is 48.5 Å². The van der Waals surface area contributed by atoms with Crippen molar-refractivity contribution in [3.05, 3.63) is 59.7 Å². The van der Waals surface area contributed by atoms with Crippen molar-refractivity contribution in [3.8, 4) is 11.5 Å². The first kappa shape index (κ1) is 13.6. The molecule has 0 aliphatic heterocycles. The Morgan fingerprint density at radius 1 is 0.947 bits per heavy atom. The average Bonchev–Trinajstić information content (AvgIpc) is 2.39. The van der Waals surface area contributed by atoms with Crippen LogP contribution in [-0.4, -0.2) is 5.11 Å². The Labute approximate surface area is 114 Å². The zero-order valence-electron chi connectivity index (χ0n) is 11.7. The molecule has 0 radical (unpaired) electrons. The van der Waals surface area contributed by atoms with Gasteiger partial charge in [-0.05, 0) is 29.2 Å². The summed E-state index contributed by atoms with van der Waals surface area (Å²) < 4.78 is 5.95. The molecule has 0 aliphatic rings. The average molecular weight is 256 g/mol. The van der Waals surface area contributed by atoms with Crippen molar-refractivity contribution < 1.29 is 9.84 Å². The Bertz CT molecular complexity index is 536. The maximum Gasteiger partial charge on any atom is 0.131 e. The molecular formula is C17H20O2. The van der Waals surface area contributed by atoms with Crippen LogP contribution in [0.1, 0.15) is 31.9 Å². The highest BCUT2D eigenvalue weighted by Crippen LogP contribution is 2.33. The molecule has 0 atom stereocenters. The predicted molar refractivity (Wildman–Crippen MR) is 77.6 cm³/mol. The number of benzene rings is 2. The number of rotatable bonds is 3. The SMILES string of the molecule is CC(C)(C)c1ccccc1Oc1ccc(CO)cc1. The summed E-state index contributed by atoms with van der Waals surface area (Å²) in [7, 11) is 0. The second-order valence-corrected chi connectivity index (χ2v) is 5.65. The van der Waals surface area contributed by atoms with E-state index in [0.29, 0.717) is 0 Å². The minimum absolute atomic E-state index is 0.0433. The van der Waals surface area contributed by atoms with Crippen LogP contribution in [0.2, 0.25) is 0 Å². The molecule has 0 bridgehead atoms. The second-order valence-electron chi connectivity index (χ2n) is 5.65. The van der Waals surface area contributed by atoms with Gasteiger partial charge in [-0.25, -0.2) is 0 Å². The van der Waals surface area contributed by atoms with Crippen LogP contribution in [0.3, 0.4) is 0 Å². The largest absolute Gasteiger partial charge is 0.457 e. The van der Waals surface area contributed by atoms with Gasteiger partial charge in [0.25, 0.3) is 0 Å². The zero-order valence-corrected chi connectivity index (χ0v) is 11.7. The Morgan fingerprint density at radius 2 is 1.58 bits per heavy atom. The second kappa shape index (κ2) is 5.45. The third-order valence-electron chi connectivity index (χ3n) is 3.03. The number of aliphatic hydroxyl groups is 1. The monoisotopic (exact) mass is 256 g/mol. The fourth-order valence-electron chi connectivity index (χ4n) is 1.97. The van der Waals surface area contributed by atoms with Crippen LogP contribution < -0.4 is 4.74 Å². The molecule has 100 valence electrons. The van der Waals surface area contributed by atoms with E-state index in [1.165, 1.54) is 5.56 Å². The number of hydrogen-bond donors (Lipinski definition) is 1. The van der Waals surface area contributed by atoms with Crippen molar-refractivity contribution in [3.63, 3.8) is 0 Å². The number of aliphatic hydroxyl groups excluding tert-OH is 1. The lowest BCUT2D eigenvalue weighted by Crippen LogP contribution is -2.12. The Kier molecular flexibility index (Phi) is 3.91. The zero-order chi connectivity index (χ0) is 13.9. The van der Waals surface area contributed by atoms with Gasteiger partial charge in [0.1, 0.15) is 11.5 Å². The van der Waals surface area contributed by atoms with Gasteiger partial charge in [0, 0.05) is 5.56 Å². The highest BCUT2D eigenvalue weighted by Gasteiger charge is 2.18. The molecule has 2 heteroatoms. The molecule has 0 saturated carbocycles. The van der Waals surface area contributed by atoms with Crippen molar-refractivity contribution in [1.29, 1.82) is 0 Å². The molecule has 2 aromatic carbocycles. The minimum Gasteiger partial charge on any atom is -0.457 e. The number of para-hydroxylation sites is 1. The molecule has 1 N–H and O–H groups in total. The van der Waals surface area contributed by atoms with E-state index < -0.39 is 0 Å². The van der Waals surface area contributed by atoms with E-state index in [1.54, 1.807) is 0 Å². The van der Waals surface area contributed by atoms with Crippen molar-refractivity contribution in [1.82, 2.24) is 0 Å². The fourth-order valence-corrected chi connectivity index (χ4v) is 1.97. The van der Waals surface area contributed by atoms with E-state index in [9.17, 15) is 0 Å². The number of hydrogen-bond acceptors (Lipinski definition) is 2. The fraction of sp³-hybridized carbons (Fsp3) is 0.294. The van der Waals surface area contributed by atoms with Crippen LogP contribution in [-0.2, 0) is 12.0 Å². The molecule has 0 amide bonds. The first-order valence-electron chi connectivity index (χ1n) is 6.48. The standard InChI is InChI=1S/C17H20O2/c1-17(2,3)15-6-4-5-7-16(15)19-14-10-8-13(12-18)9-11-14/h4-11,18H,12H2,1-3H3. The van der Waals surface area contributed by atoms with Crippen LogP contribution in [0.25, 0.3) is 0 Å². The Hall–Kier alpha value is -1.80. The molecule has 0 fully saturated rings. The van der Waals surface area contributed by atoms with Crippen LogP contribution in [0.4, 0.5) is 0 Å². The summed E-state index contributed by atoms with van der Waals surface area (Å²) >= 11 is 0. The molecule has 19 heavy (non-hydrogen) atoms. The van der Waals surface area contributed by atoms with Crippen LogP contribution in [0.5, 0.6) is 11.5 Å². The molecular weight excluding hydrogens is 236 g/mol. The van der Waals surface area contributed by atoms with Gasteiger partial charge < -0.3 is 9.84 Å². The third kappa shape index (κ3) is 3.36. The molecule has 0 unspecified atom stereocenters. The summed E-state index contributed by atoms with van der Waals surface area (Å²) in [5.74, 6) is 1.67. The molecule has 2 aromatic rings. The van der Waals surface area contributed by atoms with Crippen molar-refractivity contribution in [2.75, 3.05) is 0 Å². The van der Waals surface area contributed by atoms with E-state index in [4.69, 9.17) is 9.84 Å². The van der Waals surface area contributed by atoms with Crippen molar-refractivity contribution in [2.45, 2.75) is 32.8 Å². The summed E-state index contributed by atoms with van der Waals surface area (Å²) in [6, 6.07) is 15.6. The van der Waals surface area contributed by atoms with E-state index in [0.717, 1.165) is 17.1 Å². The van der Waals surface area contributed by atoms with Gasteiger partial charge in [0.05, 0.1) is 6.61 Å². The number of ether oxygens (including phenoxy) is 1. The smallest absolute Gasteiger partial charge is 0.131 e. The molecule has 0 saturated heterocycles. The lowest BCUT2D eigenvalue weighted by atomic mass is 9.86. The van der Waals surface area contributed by atoms with Gasteiger partial charge in [0.2, 0.25) is 0 Å². The predicted octanol–water partition coefficient (Wildman–Crippen LogP) is 4.27. The molecule has 0 aromatic heterocycles. The topological polar surface area (TPSA) is 29.5 Å². The third-order valence-corrected chi connectivity index (χ3v) is 3.03. The molecule has 2 nitrogen and oxygen atoms in total. The summed E-state index contributed by atoms with van der Waals surface area (Å²) in [5.41, 5.74) is 2.11. The van der Waals surface area contributed by atoms with Crippen molar-refractivity contribution >= 4 is 0 Å². The molecule has 0 aliphatic carbocycles. The van der Waals surface area contributed by atoms with E-state index in [-0.39, 0.29) is 12.0 Å². The van der Waals surface area contributed by atoms with Crippen LogP contribution in [0, 0.1) is 0 Å². The van der Waals surface area contributed by atoms with Gasteiger partial charge in [0.15, 0.2) is 0 Å². The summed E-state index contributed by atoms with van der Waals surface area (Å²) in [5, 5.41) is 9.03. The summed E-state index contributed by atoms with van der Waals surface area (Å²) in [4.78, 5) is 0. The maximum absolute atomic E-state index is 9.03. The first-order valence-corrected chi connectivity index (χ1v) is 6.48. The van der Waals surface area contributed by atoms with Gasteiger partial charge in [-0.2, -0.15) is 0 Å². The Morgan fingerprint density at radius 3 is 2.16 bits per heavy atom. The van der Waals surface area contributed by atoms with Gasteiger partial charge >= 0.3 is 0 Å². The quantitative estimate of drug-likeness (QED) is 0.888. The summed E-state index contributed by atoms with van der Waals surface area (Å²) in [6.07, 6.45) is 0. The highest BCUT2D eigenvalue weighted by atomic mass is 16.5. The van der Waals surface area contributed by atoms with Crippen molar-refractivity contribution in [2.24, 2.45) is 0 Å². The Balaban J connectivity index is 2.28. The lowest BCUT2D eigenvalue weighted by molar-refractivity contribution is 0.281.